The van der Waals surface area contributed by atoms with Crippen molar-refractivity contribution in [2.75, 3.05) is 26.1 Å². The zero-order valence-electron chi connectivity index (χ0n) is 34.5. The number of hydrogen-bond acceptors (Lipinski definition) is 11. The molecule has 0 radical (unpaired) electrons. The van der Waals surface area contributed by atoms with Gasteiger partial charge in [-0.15, -0.1) is 9.42 Å². The average Bonchev–Trinajstić information content (AvgIpc) is 3.82. The van der Waals surface area contributed by atoms with Gasteiger partial charge < -0.3 is 28.7 Å². The van der Waals surface area contributed by atoms with Gasteiger partial charge in [-0.05, 0) is 71.2 Å². The first-order valence-electron chi connectivity index (χ1n) is 19.4. The van der Waals surface area contributed by atoms with E-state index in [1.54, 1.807) is 43.1 Å². The summed E-state index contributed by atoms with van der Waals surface area (Å²) < 4.78 is 52.6. The number of imidazole rings is 1. The largest absolute Gasteiger partial charge is 0.695 e. The molecule has 6 aromatic rings. The zero-order chi connectivity index (χ0) is 42.7. The second-order valence-corrected chi connectivity index (χ2v) is 21.3. The molecule has 1 fully saturated rings. The predicted molar refractivity (Wildman–Crippen MR) is 229 cm³/mol. The lowest BCUT2D eigenvalue weighted by atomic mass is 9.80. The number of rotatable bonds is 15. The first kappa shape index (κ1) is 42.7. The quantitative estimate of drug-likeness (QED) is 0.0577. The normalized spacial score (nSPS) is 18.6. The fourth-order valence-electron chi connectivity index (χ4n) is 7.12. The van der Waals surface area contributed by atoms with Crippen LogP contribution in [-0.4, -0.2) is 77.8 Å². The molecule has 7 rings (SSSR count). The Morgan fingerprint density at radius 3 is 1.93 bits per heavy atom. The lowest BCUT2D eigenvalue weighted by Gasteiger charge is -2.41. The number of aromatic nitrogens is 4. The third-order valence-corrected chi connectivity index (χ3v) is 16.2. The number of amides is 1. The summed E-state index contributed by atoms with van der Waals surface area (Å²) in [6.45, 7) is 10.5. The zero-order valence-corrected chi connectivity index (χ0v) is 36.4. The first-order valence-corrected chi connectivity index (χ1v) is 23.5. The Bertz CT molecular complexity index is 2370. The fraction of sp³-hybridized carbons (Fsp3) is 0.318. The third-order valence-electron chi connectivity index (χ3n) is 11.3. The monoisotopic (exact) mass is 850 g/mol. The molecule has 0 spiro atoms. The van der Waals surface area contributed by atoms with Gasteiger partial charge in [-0.2, -0.15) is 0 Å². The number of fused-ring (bicyclic) bond motifs is 1. The Balaban J connectivity index is 1.33. The molecule has 312 valence electrons. The summed E-state index contributed by atoms with van der Waals surface area (Å²) in [6.07, 6.45) is -1.19. The smallest absolute Gasteiger partial charge is 0.497 e. The lowest BCUT2D eigenvalue weighted by Crippen LogP contribution is -2.50. The van der Waals surface area contributed by atoms with Crippen LogP contribution in [0.1, 0.15) is 54.0 Å². The molecule has 1 saturated heterocycles. The molecule has 4 aromatic carbocycles. The fourth-order valence-corrected chi connectivity index (χ4v) is 8.87. The van der Waals surface area contributed by atoms with E-state index in [0.29, 0.717) is 22.7 Å². The SMILES string of the molecule is COc1ccc(C(OC[C@H]2O[C@@H](n3cnc4c(NC(=O)c5ccccc5)ncnc43)[C@H](O[P+](=O)O)[C@@H]2O[Si](C)(C)C(C)(C)C)(c2ccccc2)c2ccc(OC)cc2)cc1. The molecule has 0 aliphatic carbocycles. The van der Waals surface area contributed by atoms with Crippen molar-refractivity contribution in [2.24, 2.45) is 0 Å². The van der Waals surface area contributed by atoms with Crippen LogP contribution in [0.15, 0.2) is 122 Å². The summed E-state index contributed by atoms with van der Waals surface area (Å²) in [6, 6.07) is 34.0. The van der Waals surface area contributed by atoms with E-state index in [2.05, 4.69) is 54.1 Å². The van der Waals surface area contributed by atoms with Crippen LogP contribution in [0.25, 0.3) is 11.2 Å². The molecule has 5 atom stereocenters. The molecule has 1 amide bonds. The van der Waals surface area contributed by atoms with E-state index in [1.807, 2.05) is 84.9 Å². The van der Waals surface area contributed by atoms with E-state index in [1.165, 1.54) is 12.7 Å². The maximum Gasteiger partial charge on any atom is 0.695 e. The number of carbonyl (C=O) groups excluding carboxylic acids is 1. The topological polar surface area (TPSA) is 165 Å². The molecule has 0 saturated carbocycles. The van der Waals surface area contributed by atoms with Gasteiger partial charge >= 0.3 is 8.25 Å². The molecule has 1 aliphatic heterocycles. The molecule has 1 unspecified atom stereocenters. The van der Waals surface area contributed by atoms with Gasteiger partial charge in [0, 0.05) is 10.1 Å². The van der Waals surface area contributed by atoms with E-state index >= 15 is 0 Å². The van der Waals surface area contributed by atoms with Crippen LogP contribution in [0.5, 0.6) is 11.5 Å². The maximum absolute atomic E-state index is 13.2. The molecular weight excluding hydrogens is 802 g/mol. The van der Waals surface area contributed by atoms with E-state index in [4.69, 9.17) is 27.9 Å². The molecule has 3 heterocycles. The molecule has 60 heavy (non-hydrogen) atoms. The van der Waals surface area contributed by atoms with Crippen LogP contribution in [-0.2, 0) is 28.6 Å². The number of methoxy groups -OCH3 is 2. The molecular formula is C44H49N5O9PSi+. The highest BCUT2D eigenvalue weighted by Crippen LogP contribution is 2.47. The number of nitrogens with zero attached hydrogens (tertiary/aromatic N) is 4. The van der Waals surface area contributed by atoms with Crippen molar-refractivity contribution in [1.29, 1.82) is 0 Å². The van der Waals surface area contributed by atoms with Gasteiger partial charge in [-0.25, -0.2) is 15.0 Å². The third kappa shape index (κ3) is 8.61. The lowest BCUT2D eigenvalue weighted by molar-refractivity contribution is -0.0926. The van der Waals surface area contributed by atoms with E-state index in [9.17, 15) is 14.3 Å². The Morgan fingerprint density at radius 2 is 1.38 bits per heavy atom. The van der Waals surface area contributed by atoms with Gasteiger partial charge in [-0.3, -0.25) is 9.36 Å². The van der Waals surface area contributed by atoms with Crippen molar-refractivity contribution >= 4 is 39.5 Å². The molecule has 2 N–H and O–H groups in total. The Hall–Kier alpha value is -5.38. The van der Waals surface area contributed by atoms with Crippen molar-refractivity contribution in [3.63, 3.8) is 0 Å². The summed E-state index contributed by atoms with van der Waals surface area (Å²) in [4.78, 5) is 37.0. The van der Waals surface area contributed by atoms with Gasteiger partial charge in [0.25, 0.3) is 5.91 Å². The highest BCUT2D eigenvalue weighted by Gasteiger charge is 2.56. The number of nitrogens with one attached hydrogen (secondary N) is 1. The van der Waals surface area contributed by atoms with Gasteiger partial charge in [0.15, 0.2) is 37.6 Å². The molecule has 1 aliphatic rings. The van der Waals surface area contributed by atoms with Crippen LogP contribution in [0, 0.1) is 0 Å². The summed E-state index contributed by atoms with van der Waals surface area (Å²) >= 11 is 0. The molecule has 2 aromatic heterocycles. The first-order chi connectivity index (χ1) is 28.8. The minimum Gasteiger partial charge on any atom is -0.497 e. The van der Waals surface area contributed by atoms with E-state index < -0.39 is 46.7 Å². The van der Waals surface area contributed by atoms with Crippen LogP contribution in [0.2, 0.25) is 18.1 Å². The summed E-state index contributed by atoms with van der Waals surface area (Å²) in [5, 5.41) is 2.57. The van der Waals surface area contributed by atoms with E-state index in [-0.39, 0.29) is 28.9 Å². The Morgan fingerprint density at radius 1 is 0.817 bits per heavy atom. The van der Waals surface area contributed by atoms with Crippen molar-refractivity contribution in [2.45, 2.75) is 69.0 Å². The van der Waals surface area contributed by atoms with Crippen molar-refractivity contribution in [3.8, 4) is 11.5 Å². The van der Waals surface area contributed by atoms with Gasteiger partial charge in [-0.1, -0.05) is 93.6 Å². The summed E-state index contributed by atoms with van der Waals surface area (Å²) in [5.74, 6) is 1.16. The highest BCUT2D eigenvalue weighted by atomic mass is 31.1. The Labute approximate surface area is 350 Å². The Kier molecular flexibility index (Phi) is 12.6. The number of anilines is 1. The van der Waals surface area contributed by atoms with Gasteiger partial charge in [0.1, 0.15) is 35.6 Å². The van der Waals surface area contributed by atoms with Gasteiger partial charge in [0.2, 0.25) is 0 Å². The minimum absolute atomic E-state index is 0.0647. The summed E-state index contributed by atoms with van der Waals surface area (Å²) in [5.41, 5.74) is 2.26. The van der Waals surface area contributed by atoms with Crippen LogP contribution in [0.3, 0.4) is 0 Å². The van der Waals surface area contributed by atoms with Gasteiger partial charge in [0.05, 0.1) is 27.2 Å². The van der Waals surface area contributed by atoms with Crippen molar-refractivity contribution < 1.29 is 42.2 Å². The second-order valence-electron chi connectivity index (χ2n) is 15.9. The summed E-state index contributed by atoms with van der Waals surface area (Å²) in [7, 11) is -2.55. The van der Waals surface area contributed by atoms with Crippen LogP contribution >= 0.6 is 8.25 Å². The molecule has 0 bridgehead atoms. The molecule has 16 heteroatoms. The number of carbonyl (C=O) groups is 1. The second kappa shape index (κ2) is 17.7. The average molecular weight is 851 g/mol. The van der Waals surface area contributed by atoms with E-state index in [0.717, 1.165) is 16.7 Å². The number of ether oxygens (including phenoxy) is 4. The van der Waals surface area contributed by atoms with Crippen LogP contribution < -0.4 is 14.8 Å². The minimum atomic E-state index is -3.15. The van der Waals surface area contributed by atoms with Crippen LogP contribution in [0.4, 0.5) is 5.82 Å². The van der Waals surface area contributed by atoms with Crippen molar-refractivity contribution in [1.82, 2.24) is 19.5 Å². The number of benzene rings is 4. The molecule has 14 nitrogen and oxygen atoms in total. The maximum atomic E-state index is 13.2. The number of hydrogen-bond donors (Lipinski definition) is 2. The highest BCUT2D eigenvalue weighted by molar-refractivity contribution is 7.32. The predicted octanol–water partition coefficient (Wildman–Crippen LogP) is 8.43. The van der Waals surface area contributed by atoms with Crippen molar-refractivity contribution in [3.05, 3.63) is 144 Å². The standard InChI is InChI=1S/C44H48N5O9PSi/c1-43(2,3)60(6,7)58-37-35(26-55-44(30-16-12-9-13-17-30,31-18-22-33(53-4)23-19-31)32-20-24-34(54-5)25-21-32)56-42(38(37)57-59(51)52)49-28-47-36-39(45-27-46-40(36)49)48-41(50)29-14-10-8-11-15-29/h8-25,27-28,35,37-38,42H,26H2,1-7H3,(H-,45,46,48,50,51,52)/p+1/t35-,37-,38-,42-/m1/s1.